The van der Waals surface area contributed by atoms with Crippen molar-refractivity contribution in [1.29, 1.82) is 10.5 Å². The van der Waals surface area contributed by atoms with Crippen LogP contribution in [-0.4, -0.2) is 48.4 Å². The minimum atomic E-state index is 0.357. The highest BCUT2D eigenvalue weighted by molar-refractivity contribution is 7.98. The SMILES string of the molecule is COCCOc1ccc(-c2c(C#N)c(SCc3ccncc3)nc(N3CCC3)c2C#N)nc1. The van der Waals surface area contributed by atoms with E-state index in [2.05, 4.69) is 27.0 Å². The quantitative estimate of drug-likeness (QED) is 0.349. The third kappa shape index (κ3) is 5.06. The molecule has 166 valence electrons. The fraction of sp³-hybridized carbons (Fsp3) is 0.292. The molecule has 0 aromatic carbocycles. The standard InChI is InChI=1S/C24H22N6O2S/c1-31-11-12-32-18-3-4-21(28-15-18)22-19(13-25)23(30-9-2-10-30)29-24(20(22)14-26)33-16-17-5-7-27-8-6-17/h3-8,15H,2,9-12,16H2,1H3. The Balaban J connectivity index is 1.75. The van der Waals surface area contributed by atoms with Gasteiger partial charge in [-0.2, -0.15) is 10.5 Å². The molecule has 3 aromatic heterocycles. The summed E-state index contributed by atoms with van der Waals surface area (Å²) in [6.45, 7) is 2.55. The van der Waals surface area contributed by atoms with E-state index in [1.54, 1.807) is 37.8 Å². The second-order valence-electron chi connectivity index (χ2n) is 7.29. The van der Waals surface area contributed by atoms with Crippen molar-refractivity contribution in [2.24, 2.45) is 0 Å². The van der Waals surface area contributed by atoms with E-state index in [0.717, 1.165) is 25.1 Å². The molecule has 1 fully saturated rings. The van der Waals surface area contributed by atoms with E-state index in [1.165, 1.54) is 11.8 Å². The van der Waals surface area contributed by atoms with E-state index in [4.69, 9.17) is 14.5 Å². The molecule has 0 saturated carbocycles. The van der Waals surface area contributed by atoms with Crippen LogP contribution in [0.3, 0.4) is 0 Å². The van der Waals surface area contributed by atoms with E-state index in [9.17, 15) is 10.5 Å². The van der Waals surface area contributed by atoms with Gasteiger partial charge in [-0.1, -0.05) is 0 Å². The van der Waals surface area contributed by atoms with Gasteiger partial charge in [-0.3, -0.25) is 9.97 Å². The fourth-order valence-electron chi connectivity index (χ4n) is 3.37. The maximum absolute atomic E-state index is 10.1. The fourth-order valence-corrected chi connectivity index (χ4v) is 4.30. The summed E-state index contributed by atoms with van der Waals surface area (Å²) in [6.07, 6.45) is 6.13. The van der Waals surface area contributed by atoms with Crippen LogP contribution in [0.1, 0.15) is 23.1 Å². The second-order valence-corrected chi connectivity index (χ2v) is 8.26. The molecule has 0 N–H and O–H groups in total. The summed E-state index contributed by atoms with van der Waals surface area (Å²) in [4.78, 5) is 15.4. The Bertz CT molecular complexity index is 1180. The molecule has 0 amide bonds. The molecule has 1 saturated heterocycles. The summed E-state index contributed by atoms with van der Waals surface area (Å²) in [6, 6.07) is 12.0. The lowest BCUT2D eigenvalue weighted by Gasteiger charge is -2.33. The number of thioether (sulfide) groups is 1. The molecule has 1 aliphatic heterocycles. The first kappa shape index (κ1) is 22.5. The molecule has 3 aromatic rings. The Kier molecular flexibility index (Phi) is 7.36. The van der Waals surface area contributed by atoms with Crippen molar-refractivity contribution in [2.75, 3.05) is 38.3 Å². The largest absolute Gasteiger partial charge is 0.490 e. The van der Waals surface area contributed by atoms with Crippen LogP contribution in [0.15, 0.2) is 47.9 Å². The van der Waals surface area contributed by atoms with Crippen LogP contribution in [0.4, 0.5) is 5.82 Å². The Labute approximate surface area is 196 Å². The predicted molar refractivity (Wildman–Crippen MR) is 125 cm³/mol. The van der Waals surface area contributed by atoms with Crippen molar-refractivity contribution in [1.82, 2.24) is 15.0 Å². The predicted octanol–water partition coefficient (Wildman–Crippen LogP) is 3.81. The number of methoxy groups -OCH3 is 1. The van der Waals surface area contributed by atoms with E-state index in [-0.39, 0.29) is 0 Å². The smallest absolute Gasteiger partial charge is 0.148 e. The van der Waals surface area contributed by atoms with Gasteiger partial charge in [-0.05, 0) is 36.2 Å². The normalized spacial score (nSPS) is 12.5. The van der Waals surface area contributed by atoms with Crippen LogP contribution in [0.2, 0.25) is 0 Å². The van der Waals surface area contributed by atoms with Crippen LogP contribution in [0, 0.1) is 22.7 Å². The number of pyridine rings is 3. The average Bonchev–Trinajstić information content (AvgIpc) is 2.82. The number of hydrogen-bond donors (Lipinski definition) is 0. The first-order valence-corrected chi connectivity index (χ1v) is 11.5. The van der Waals surface area contributed by atoms with Crippen molar-refractivity contribution in [3.8, 4) is 29.1 Å². The van der Waals surface area contributed by atoms with Crippen LogP contribution >= 0.6 is 11.8 Å². The molecule has 4 rings (SSSR count). The van der Waals surface area contributed by atoms with Gasteiger partial charge in [0.1, 0.15) is 40.9 Å². The van der Waals surface area contributed by atoms with Gasteiger partial charge >= 0.3 is 0 Å². The lowest BCUT2D eigenvalue weighted by atomic mass is 9.99. The van der Waals surface area contributed by atoms with Crippen molar-refractivity contribution >= 4 is 17.6 Å². The molecule has 0 atom stereocenters. The number of anilines is 1. The van der Waals surface area contributed by atoms with E-state index >= 15 is 0 Å². The molecule has 4 heterocycles. The number of nitrogens with zero attached hydrogens (tertiary/aromatic N) is 6. The van der Waals surface area contributed by atoms with Gasteiger partial charge < -0.3 is 14.4 Å². The van der Waals surface area contributed by atoms with Crippen LogP contribution in [0.5, 0.6) is 5.75 Å². The van der Waals surface area contributed by atoms with Gasteiger partial charge in [0.25, 0.3) is 0 Å². The molecule has 9 heteroatoms. The van der Waals surface area contributed by atoms with Crippen molar-refractivity contribution in [2.45, 2.75) is 17.2 Å². The van der Waals surface area contributed by atoms with Gasteiger partial charge in [0.05, 0.1) is 24.1 Å². The Morgan fingerprint density at radius 2 is 1.85 bits per heavy atom. The van der Waals surface area contributed by atoms with Crippen molar-refractivity contribution in [3.05, 3.63) is 59.5 Å². The number of nitriles is 2. The third-order valence-corrected chi connectivity index (χ3v) is 6.24. The molecule has 33 heavy (non-hydrogen) atoms. The molecule has 8 nitrogen and oxygen atoms in total. The lowest BCUT2D eigenvalue weighted by Crippen LogP contribution is -2.38. The summed E-state index contributed by atoms with van der Waals surface area (Å²) in [7, 11) is 1.61. The van der Waals surface area contributed by atoms with E-state index in [0.29, 0.717) is 57.9 Å². The minimum Gasteiger partial charge on any atom is -0.490 e. The first-order chi connectivity index (χ1) is 16.2. The van der Waals surface area contributed by atoms with Crippen LogP contribution < -0.4 is 9.64 Å². The van der Waals surface area contributed by atoms with Crippen LogP contribution in [-0.2, 0) is 10.5 Å². The summed E-state index contributed by atoms with van der Waals surface area (Å²) in [5.74, 6) is 1.84. The Morgan fingerprint density at radius 3 is 2.45 bits per heavy atom. The summed E-state index contributed by atoms with van der Waals surface area (Å²) in [5, 5.41) is 20.7. The average molecular weight is 459 g/mol. The van der Waals surface area contributed by atoms with Gasteiger partial charge in [0.15, 0.2) is 0 Å². The summed E-state index contributed by atoms with van der Waals surface area (Å²) >= 11 is 1.47. The van der Waals surface area contributed by atoms with Gasteiger partial charge in [0, 0.05) is 43.9 Å². The Hall–Kier alpha value is -3.66. The number of hydrogen-bond acceptors (Lipinski definition) is 9. The number of rotatable bonds is 9. The zero-order valence-electron chi connectivity index (χ0n) is 18.2. The zero-order valence-corrected chi connectivity index (χ0v) is 19.0. The molecular formula is C24H22N6O2S. The molecule has 0 radical (unpaired) electrons. The minimum absolute atomic E-state index is 0.357. The van der Waals surface area contributed by atoms with E-state index in [1.807, 2.05) is 12.1 Å². The lowest BCUT2D eigenvalue weighted by molar-refractivity contribution is 0.146. The molecule has 0 aliphatic carbocycles. The van der Waals surface area contributed by atoms with Gasteiger partial charge in [0.2, 0.25) is 0 Å². The van der Waals surface area contributed by atoms with Gasteiger partial charge in [-0.15, -0.1) is 11.8 Å². The zero-order chi connectivity index (χ0) is 23.0. The topological polar surface area (TPSA) is 108 Å². The van der Waals surface area contributed by atoms with E-state index < -0.39 is 0 Å². The monoisotopic (exact) mass is 458 g/mol. The second kappa shape index (κ2) is 10.8. The summed E-state index contributed by atoms with van der Waals surface area (Å²) in [5.41, 5.74) is 2.86. The molecule has 0 bridgehead atoms. The molecule has 1 aliphatic rings. The van der Waals surface area contributed by atoms with Crippen LogP contribution in [0.25, 0.3) is 11.3 Å². The summed E-state index contributed by atoms with van der Waals surface area (Å²) < 4.78 is 10.6. The number of aromatic nitrogens is 3. The highest BCUT2D eigenvalue weighted by Gasteiger charge is 2.27. The van der Waals surface area contributed by atoms with Gasteiger partial charge in [-0.25, -0.2) is 4.98 Å². The van der Waals surface area contributed by atoms with Crippen molar-refractivity contribution in [3.63, 3.8) is 0 Å². The molecule has 0 unspecified atom stereocenters. The highest BCUT2D eigenvalue weighted by Crippen LogP contribution is 2.39. The third-order valence-electron chi connectivity index (χ3n) is 5.20. The maximum atomic E-state index is 10.1. The first-order valence-electron chi connectivity index (χ1n) is 10.5. The Morgan fingerprint density at radius 1 is 1.06 bits per heavy atom. The molecular weight excluding hydrogens is 436 g/mol. The molecule has 0 spiro atoms. The van der Waals surface area contributed by atoms with Crippen molar-refractivity contribution < 1.29 is 9.47 Å². The maximum Gasteiger partial charge on any atom is 0.148 e. The number of ether oxygens (including phenoxy) is 2. The highest BCUT2D eigenvalue weighted by atomic mass is 32.2.